The topological polar surface area (TPSA) is 9.23 Å². The quantitative estimate of drug-likeness (QED) is 0.408. The molecule has 0 radical (unpaired) electrons. The van der Waals surface area contributed by atoms with Gasteiger partial charge in [0.25, 0.3) is 0 Å². The van der Waals surface area contributed by atoms with E-state index in [1.165, 1.54) is 19.1 Å². The third-order valence-corrected chi connectivity index (χ3v) is 5.32. The zero-order chi connectivity index (χ0) is 19.6. The molecule has 1 aliphatic carbocycles. The van der Waals surface area contributed by atoms with Gasteiger partial charge in [-0.2, -0.15) is 8.78 Å². The SMILES string of the molecule is C=CC1CCC(c2ccc(C(F)(F)Oc3cc(F)c(C)c(F)c3)cc2)CC1. The molecule has 0 heterocycles. The molecule has 144 valence electrons. The first-order valence-corrected chi connectivity index (χ1v) is 9.05. The van der Waals surface area contributed by atoms with Gasteiger partial charge in [0.15, 0.2) is 0 Å². The maximum atomic E-state index is 14.4. The number of hydrogen-bond acceptors (Lipinski definition) is 1. The van der Waals surface area contributed by atoms with Crippen molar-refractivity contribution in [3.05, 3.63) is 77.4 Å². The van der Waals surface area contributed by atoms with Crippen LogP contribution in [0.1, 0.15) is 48.3 Å². The van der Waals surface area contributed by atoms with Crippen molar-refractivity contribution in [2.24, 2.45) is 5.92 Å². The summed E-state index contributed by atoms with van der Waals surface area (Å²) in [6, 6.07) is 7.52. The minimum Gasteiger partial charge on any atom is -0.429 e. The summed E-state index contributed by atoms with van der Waals surface area (Å²) < 4.78 is 60.5. The van der Waals surface area contributed by atoms with Gasteiger partial charge < -0.3 is 4.74 Å². The van der Waals surface area contributed by atoms with E-state index in [-0.39, 0.29) is 11.1 Å². The van der Waals surface area contributed by atoms with Crippen molar-refractivity contribution in [3.63, 3.8) is 0 Å². The molecule has 0 amide bonds. The fourth-order valence-electron chi connectivity index (χ4n) is 3.53. The van der Waals surface area contributed by atoms with Crippen LogP contribution in [0, 0.1) is 24.5 Å². The third kappa shape index (κ3) is 4.34. The van der Waals surface area contributed by atoms with E-state index in [9.17, 15) is 17.6 Å². The van der Waals surface area contributed by atoms with E-state index in [4.69, 9.17) is 0 Å². The molecule has 27 heavy (non-hydrogen) atoms. The number of allylic oxidation sites excluding steroid dienone is 1. The van der Waals surface area contributed by atoms with E-state index in [1.807, 2.05) is 6.08 Å². The maximum absolute atomic E-state index is 14.4. The summed E-state index contributed by atoms with van der Waals surface area (Å²) in [4.78, 5) is 0. The Bertz CT molecular complexity index is 783. The van der Waals surface area contributed by atoms with Gasteiger partial charge in [-0.1, -0.05) is 18.2 Å². The van der Waals surface area contributed by atoms with Crippen LogP contribution in [0.3, 0.4) is 0 Å². The first kappa shape index (κ1) is 19.5. The largest absolute Gasteiger partial charge is 0.429 e. The predicted molar refractivity (Wildman–Crippen MR) is 97.0 cm³/mol. The van der Waals surface area contributed by atoms with Crippen molar-refractivity contribution < 1.29 is 22.3 Å². The summed E-state index contributed by atoms with van der Waals surface area (Å²) in [5.74, 6) is -1.51. The number of rotatable bonds is 5. The molecule has 1 nitrogen and oxygen atoms in total. The van der Waals surface area contributed by atoms with Crippen LogP contribution in [0.2, 0.25) is 0 Å². The number of halogens is 4. The van der Waals surface area contributed by atoms with Crippen molar-refractivity contribution in [1.29, 1.82) is 0 Å². The molecular weight excluding hydrogens is 356 g/mol. The van der Waals surface area contributed by atoms with Crippen LogP contribution >= 0.6 is 0 Å². The molecule has 1 fully saturated rings. The molecule has 0 unspecified atom stereocenters. The number of hydrogen-bond donors (Lipinski definition) is 0. The lowest BCUT2D eigenvalue weighted by molar-refractivity contribution is -0.185. The van der Waals surface area contributed by atoms with Crippen molar-refractivity contribution in [2.45, 2.75) is 44.6 Å². The average molecular weight is 378 g/mol. The van der Waals surface area contributed by atoms with Crippen LogP contribution < -0.4 is 4.74 Å². The monoisotopic (exact) mass is 378 g/mol. The second-order valence-electron chi connectivity index (χ2n) is 7.10. The van der Waals surface area contributed by atoms with Gasteiger partial charge >= 0.3 is 6.11 Å². The van der Waals surface area contributed by atoms with Crippen molar-refractivity contribution >= 4 is 0 Å². The molecule has 1 aliphatic rings. The summed E-state index contributed by atoms with van der Waals surface area (Å²) in [6.07, 6.45) is 2.41. The van der Waals surface area contributed by atoms with E-state index in [1.54, 1.807) is 12.1 Å². The third-order valence-electron chi connectivity index (χ3n) is 5.32. The molecular formula is C22H22F4O. The van der Waals surface area contributed by atoms with E-state index >= 15 is 0 Å². The highest BCUT2D eigenvalue weighted by Gasteiger charge is 2.35. The zero-order valence-electron chi connectivity index (χ0n) is 15.2. The molecule has 0 atom stereocenters. The summed E-state index contributed by atoms with van der Waals surface area (Å²) in [5.41, 5.74) is 0.429. The van der Waals surface area contributed by atoms with Crippen LogP contribution in [0.25, 0.3) is 0 Å². The second-order valence-corrected chi connectivity index (χ2v) is 7.10. The van der Waals surface area contributed by atoms with Gasteiger partial charge in [-0.05, 0) is 62.1 Å². The molecule has 5 heteroatoms. The first-order valence-electron chi connectivity index (χ1n) is 9.05. The summed E-state index contributed by atoms with van der Waals surface area (Å²) in [5, 5.41) is 0. The fraction of sp³-hybridized carbons (Fsp3) is 0.364. The Morgan fingerprint density at radius 2 is 1.56 bits per heavy atom. The van der Waals surface area contributed by atoms with Crippen LogP contribution in [-0.2, 0) is 6.11 Å². The Balaban J connectivity index is 1.73. The van der Waals surface area contributed by atoms with E-state index in [2.05, 4.69) is 11.3 Å². The fourth-order valence-corrected chi connectivity index (χ4v) is 3.53. The van der Waals surface area contributed by atoms with Crippen molar-refractivity contribution in [1.82, 2.24) is 0 Å². The van der Waals surface area contributed by atoms with Crippen molar-refractivity contribution in [3.8, 4) is 5.75 Å². The van der Waals surface area contributed by atoms with Crippen LogP contribution in [-0.4, -0.2) is 0 Å². The maximum Gasteiger partial charge on any atom is 0.426 e. The van der Waals surface area contributed by atoms with Gasteiger partial charge in [0, 0.05) is 17.7 Å². The standard InChI is InChI=1S/C22H22F4O/c1-3-15-4-6-16(7-5-15)17-8-10-18(11-9-17)22(25,26)27-19-12-20(23)14(2)21(24)13-19/h3,8-13,15-16H,1,4-7H2,2H3. The molecule has 2 aromatic carbocycles. The van der Waals surface area contributed by atoms with Crippen LogP contribution in [0.5, 0.6) is 5.75 Å². The highest BCUT2D eigenvalue weighted by molar-refractivity contribution is 5.32. The Morgan fingerprint density at radius 3 is 2.07 bits per heavy atom. The highest BCUT2D eigenvalue weighted by atomic mass is 19.3. The highest BCUT2D eigenvalue weighted by Crippen LogP contribution is 2.38. The van der Waals surface area contributed by atoms with Gasteiger partial charge in [-0.15, -0.1) is 6.58 Å². The Labute approximate surface area is 156 Å². The summed E-state index contributed by atoms with van der Waals surface area (Å²) >= 11 is 0. The number of ether oxygens (including phenoxy) is 1. The van der Waals surface area contributed by atoms with E-state index in [0.29, 0.717) is 11.8 Å². The van der Waals surface area contributed by atoms with Gasteiger partial charge in [0.2, 0.25) is 0 Å². The molecule has 0 spiro atoms. The van der Waals surface area contributed by atoms with E-state index < -0.39 is 23.5 Å². The molecule has 3 rings (SSSR count). The first-order chi connectivity index (χ1) is 12.8. The minimum atomic E-state index is -3.69. The molecule has 0 saturated heterocycles. The number of alkyl halides is 2. The van der Waals surface area contributed by atoms with Gasteiger partial charge in [-0.25, -0.2) is 8.78 Å². The van der Waals surface area contributed by atoms with Crippen molar-refractivity contribution in [2.75, 3.05) is 0 Å². The lowest BCUT2D eigenvalue weighted by Crippen LogP contribution is -2.22. The van der Waals surface area contributed by atoms with E-state index in [0.717, 1.165) is 43.4 Å². The Morgan fingerprint density at radius 1 is 1.00 bits per heavy atom. The lowest BCUT2D eigenvalue weighted by Gasteiger charge is -2.27. The number of benzene rings is 2. The second kappa shape index (κ2) is 7.75. The predicted octanol–water partition coefficient (Wildman–Crippen LogP) is 6.86. The summed E-state index contributed by atoms with van der Waals surface area (Å²) in [7, 11) is 0. The van der Waals surface area contributed by atoms with Gasteiger partial charge in [0.05, 0.1) is 5.56 Å². The Hall–Kier alpha value is -2.30. The average Bonchev–Trinajstić information content (AvgIpc) is 2.66. The molecule has 1 saturated carbocycles. The molecule has 0 aromatic heterocycles. The minimum absolute atomic E-state index is 0.235. The molecule has 0 aliphatic heterocycles. The summed E-state index contributed by atoms with van der Waals surface area (Å²) in [6.45, 7) is 5.06. The molecule has 2 aromatic rings. The normalized spacial score (nSPS) is 20.3. The lowest BCUT2D eigenvalue weighted by atomic mass is 9.79. The molecule has 0 bridgehead atoms. The smallest absolute Gasteiger partial charge is 0.426 e. The molecule has 0 N–H and O–H groups in total. The van der Waals surface area contributed by atoms with Crippen LogP contribution in [0.15, 0.2) is 49.1 Å². The van der Waals surface area contributed by atoms with Gasteiger partial charge in [-0.3, -0.25) is 0 Å². The van der Waals surface area contributed by atoms with Crippen LogP contribution in [0.4, 0.5) is 17.6 Å². The Kier molecular flexibility index (Phi) is 5.59. The zero-order valence-corrected chi connectivity index (χ0v) is 15.2. The van der Waals surface area contributed by atoms with Gasteiger partial charge in [0.1, 0.15) is 17.4 Å².